The van der Waals surface area contributed by atoms with E-state index in [1.165, 1.54) is 12.8 Å². The predicted molar refractivity (Wildman–Crippen MR) is 50.9 cm³/mol. The van der Waals surface area contributed by atoms with Crippen LogP contribution in [0.1, 0.15) is 40.0 Å². The number of rotatable bonds is 5. The van der Waals surface area contributed by atoms with Crippen LogP contribution in [0.2, 0.25) is 0 Å². The predicted octanol–water partition coefficient (Wildman–Crippen LogP) is 2.19. The van der Waals surface area contributed by atoms with Crippen LogP contribution in [0.4, 0.5) is 0 Å². The Morgan fingerprint density at radius 3 is 2.55 bits per heavy atom. The molecule has 2 N–H and O–H groups in total. The summed E-state index contributed by atoms with van der Waals surface area (Å²) in [6, 6.07) is 0. The Hall–Kier alpha value is -0.530. The summed E-state index contributed by atoms with van der Waals surface area (Å²) >= 11 is 0. The molecule has 0 aromatic heterocycles. The van der Waals surface area contributed by atoms with Gasteiger partial charge in [0.05, 0.1) is 5.84 Å². The average Bonchev–Trinajstić information content (AvgIpc) is 1.97. The van der Waals surface area contributed by atoms with Gasteiger partial charge in [0.25, 0.3) is 0 Å². The summed E-state index contributed by atoms with van der Waals surface area (Å²) in [5.74, 6) is 1.57. The van der Waals surface area contributed by atoms with Crippen molar-refractivity contribution in [3.63, 3.8) is 0 Å². The minimum atomic E-state index is 0.785. The fourth-order valence-corrected chi connectivity index (χ4v) is 0.834. The summed E-state index contributed by atoms with van der Waals surface area (Å²) in [6.45, 7) is 7.39. The van der Waals surface area contributed by atoms with E-state index in [2.05, 4.69) is 18.8 Å². The summed E-state index contributed by atoms with van der Waals surface area (Å²) < 4.78 is 0. The molecule has 0 spiro atoms. The van der Waals surface area contributed by atoms with Gasteiger partial charge >= 0.3 is 0 Å². The topological polar surface area (TPSA) is 38.4 Å². The van der Waals surface area contributed by atoms with Crippen LogP contribution in [0, 0.1) is 5.92 Å². The molecule has 11 heavy (non-hydrogen) atoms. The van der Waals surface area contributed by atoms with Gasteiger partial charge in [-0.15, -0.1) is 0 Å². The standard InChI is InChI=1S/C9H20N2/c1-4-9(10)11-7-5-6-8(2)3/h8H,4-7H2,1-3H3,(H2,10,11). The first-order valence-electron chi connectivity index (χ1n) is 4.45. The lowest BCUT2D eigenvalue weighted by Gasteiger charge is -2.01. The molecular formula is C9H20N2. The monoisotopic (exact) mass is 156 g/mol. The van der Waals surface area contributed by atoms with E-state index in [1.807, 2.05) is 6.92 Å². The van der Waals surface area contributed by atoms with Gasteiger partial charge in [-0.3, -0.25) is 4.99 Å². The highest BCUT2D eigenvalue weighted by atomic mass is 14.8. The highest BCUT2D eigenvalue weighted by Crippen LogP contribution is 2.02. The van der Waals surface area contributed by atoms with Crippen molar-refractivity contribution in [1.82, 2.24) is 0 Å². The van der Waals surface area contributed by atoms with Gasteiger partial charge in [-0.25, -0.2) is 0 Å². The van der Waals surface area contributed by atoms with Gasteiger partial charge in [-0.05, 0) is 18.8 Å². The van der Waals surface area contributed by atoms with Crippen molar-refractivity contribution < 1.29 is 0 Å². The van der Waals surface area contributed by atoms with Gasteiger partial charge in [0, 0.05) is 13.0 Å². The first-order chi connectivity index (χ1) is 5.16. The molecule has 0 heterocycles. The maximum atomic E-state index is 5.54. The number of hydrogen-bond donors (Lipinski definition) is 1. The third-order valence-corrected chi connectivity index (χ3v) is 1.62. The van der Waals surface area contributed by atoms with Crippen LogP contribution >= 0.6 is 0 Å². The molecule has 0 fully saturated rings. The summed E-state index contributed by atoms with van der Waals surface area (Å²) in [4.78, 5) is 4.21. The molecule has 0 aromatic rings. The van der Waals surface area contributed by atoms with E-state index in [1.54, 1.807) is 0 Å². The smallest absolute Gasteiger partial charge is 0.0934 e. The Morgan fingerprint density at radius 1 is 1.45 bits per heavy atom. The molecule has 66 valence electrons. The molecule has 0 saturated heterocycles. The van der Waals surface area contributed by atoms with Crippen LogP contribution in [0.5, 0.6) is 0 Å². The van der Waals surface area contributed by atoms with Crippen LogP contribution in [-0.2, 0) is 0 Å². The molecule has 0 aliphatic heterocycles. The first kappa shape index (κ1) is 10.5. The minimum absolute atomic E-state index is 0.785. The molecule has 0 saturated carbocycles. The van der Waals surface area contributed by atoms with E-state index in [0.717, 1.165) is 24.7 Å². The zero-order valence-electron chi connectivity index (χ0n) is 7.93. The lowest BCUT2D eigenvalue weighted by molar-refractivity contribution is 0.561. The second kappa shape index (κ2) is 6.20. The molecule has 0 amide bonds. The van der Waals surface area contributed by atoms with Crippen molar-refractivity contribution in [1.29, 1.82) is 0 Å². The van der Waals surface area contributed by atoms with Crippen LogP contribution in [-0.4, -0.2) is 12.4 Å². The van der Waals surface area contributed by atoms with Crippen LogP contribution in [0.15, 0.2) is 4.99 Å². The van der Waals surface area contributed by atoms with E-state index >= 15 is 0 Å². The van der Waals surface area contributed by atoms with Crippen molar-refractivity contribution in [2.75, 3.05) is 6.54 Å². The number of amidine groups is 1. The molecule has 2 nitrogen and oxygen atoms in total. The van der Waals surface area contributed by atoms with E-state index in [9.17, 15) is 0 Å². The molecule has 0 atom stereocenters. The molecule has 0 aliphatic rings. The van der Waals surface area contributed by atoms with E-state index < -0.39 is 0 Å². The van der Waals surface area contributed by atoms with Crippen LogP contribution < -0.4 is 5.73 Å². The Labute approximate surface area is 69.9 Å². The lowest BCUT2D eigenvalue weighted by atomic mass is 10.1. The molecular weight excluding hydrogens is 136 g/mol. The minimum Gasteiger partial charge on any atom is -0.387 e. The maximum Gasteiger partial charge on any atom is 0.0934 e. The van der Waals surface area contributed by atoms with Gasteiger partial charge in [0.2, 0.25) is 0 Å². The number of hydrogen-bond acceptors (Lipinski definition) is 1. The SMILES string of the molecule is CCC(N)=NCCCC(C)C. The highest BCUT2D eigenvalue weighted by molar-refractivity contribution is 5.79. The van der Waals surface area contributed by atoms with Crippen molar-refractivity contribution in [2.24, 2.45) is 16.6 Å². The van der Waals surface area contributed by atoms with Gasteiger partial charge < -0.3 is 5.73 Å². The zero-order chi connectivity index (χ0) is 8.69. The second-order valence-corrected chi connectivity index (χ2v) is 3.26. The molecule has 0 aromatic carbocycles. The normalized spacial score (nSPS) is 12.5. The van der Waals surface area contributed by atoms with Gasteiger partial charge in [-0.1, -0.05) is 20.8 Å². The third-order valence-electron chi connectivity index (χ3n) is 1.62. The van der Waals surface area contributed by atoms with Crippen LogP contribution in [0.3, 0.4) is 0 Å². The quantitative estimate of drug-likeness (QED) is 0.370. The first-order valence-corrected chi connectivity index (χ1v) is 4.45. The summed E-state index contributed by atoms with van der Waals surface area (Å²) in [5.41, 5.74) is 5.54. The fraction of sp³-hybridized carbons (Fsp3) is 0.889. The maximum absolute atomic E-state index is 5.54. The van der Waals surface area contributed by atoms with E-state index in [0.29, 0.717) is 0 Å². The van der Waals surface area contributed by atoms with Gasteiger partial charge in [0.1, 0.15) is 0 Å². The number of aliphatic imine (C=N–C) groups is 1. The molecule has 2 heteroatoms. The van der Waals surface area contributed by atoms with Gasteiger partial charge in [0.15, 0.2) is 0 Å². The molecule has 0 radical (unpaired) electrons. The molecule has 0 rings (SSSR count). The van der Waals surface area contributed by atoms with Crippen molar-refractivity contribution in [2.45, 2.75) is 40.0 Å². The number of nitrogens with two attached hydrogens (primary N) is 1. The molecule has 0 aliphatic carbocycles. The number of nitrogens with zero attached hydrogens (tertiary/aromatic N) is 1. The summed E-state index contributed by atoms with van der Waals surface area (Å²) in [6.07, 6.45) is 3.29. The second-order valence-electron chi connectivity index (χ2n) is 3.26. The zero-order valence-corrected chi connectivity index (χ0v) is 7.93. The van der Waals surface area contributed by atoms with Crippen molar-refractivity contribution >= 4 is 5.84 Å². The molecule has 0 unspecified atom stereocenters. The molecule has 0 bridgehead atoms. The Bertz CT molecular complexity index is 117. The Kier molecular flexibility index (Phi) is 5.90. The Morgan fingerprint density at radius 2 is 2.09 bits per heavy atom. The highest BCUT2D eigenvalue weighted by Gasteiger charge is 1.92. The Balaban J connectivity index is 3.26. The lowest BCUT2D eigenvalue weighted by Crippen LogP contribution is -2.10. The van der Waals surface area contributed by atoms with E-state index in [-0.39, 0.29) is 0 Å². The van der Waals surface area contributed by atoms with Crippen molar-refractivity contribution in [3.05, 3.63) is 0 Å². The largest absolute Gasteiger partial charge is 0.387 e. The van der Waals surface area contributed by atoms with E-state index in [4.69, 9.17) is 5.73 Å². The van der Waals surface area contributed by atoms with Crippen LogP contribution in [0.25, 0.3) is 0 Å². The van der Waals surface area contributed by atoms with Gasteiger partial charge in [-0.2, -0.15) is 0 Å². The summed E-state index contributed by atoms with van der Waals surface area (Å²) in [7, 11) is 0. The van der Waals surface area contributed by atoms with Crippen molar-refractivity contribution in [3.8, 4) is 0 Å². The fourth-order valence-electron chi connectivity index (χ4n) is 0.834. The average molecular weight is 156 g/mol. The summed E-state index contributed by atoms with van der Waals surface area (Å²) in [5, 5.41) is 0. The third kappa shape index (κ3) is 7.37.